The topological polar surface area (TPSA) is 52.0 Å². The highest BCUT2D eigenvalue weighted by molar-refractivity contribution is 5.15. The summed E-state index contributed by atoms with van der Waals surface area (Å²) in [5.74, 6) is 0.292. The monoisotopic (exact) mass is 362 g/mol. The standard InChI is InChI=1S/C22H26N4O/c1-3-7-18(8-4-1)12-14-26-16-21(24-25-26)20-11-13-23-15-22(20)27-17-19-9-5-2-6-10-19/h1-10,16,20,22-23H,11-15,17H2. The SMILES string of the molecule is c1ccc(CCn2cc(C3CCNCC3OCc3ccccc3)nn2)cc1. The third kappa shape index (κ3) is 4.81. The Hall–Kier alpha value is -2.50. The maximum absolute atomic E-state index is 6.24. The van der Waals surface area contributed by atoms with Crippen molar-refractivity contribution in [3.8, 4) is 0 Å². The van der Waals surface area contributed by atoms with E-state index in [0.29, 0.717) is 12.5 Å². The molecule has 2 unspecified atom stereocenters. The number of hydrogen-bond donors (Lipinski definition) is 1. The lowest BCUT2D eigenvalue weighted by Gasteiger charge is -2.30. The summed E-state index contributed by atoms with van der Waals surface area (Å²) in [6.07, 6.45) is 4.21. The molecular formula is C22H26N4O. The second-order valence-corrected chi connectivity index (χ2v) is 7.08. The molecule has 0 aliphatic carbocycles. The molecular weight excluding hydrogens is 336 g/mol. The summed E-state index contributed by atoms with van der Waals surface area (Å²) in [5.41, 5.74) is 3.57. The number of nitrogens with zero attached hydrogens (tertiary/aromatic N) is 3. The highest BCUT2D eigenvalue weighted by atomic mass is 16.5. The van der Waals surface area contributed by atoms with Gasteiger partial charge in [-0.15, -0.1) is 5.10 Å². The minimum atomic E-state index is 0.123. The number of ether oxygens (including phenoxy) is 1. The highest BCUT2D eigenvalue weighted by Gasteiger charge is 2.29. The first-order valence-corrected chi connectivity index (χ1v) is 9.69. The number of aryl methyl sites for hydroxylation is 2. The van der Waals surface area contributed by atoms with Crippen LogP contribution in [0, 0.1) is 0 Å². The Labute approximate surface area is 160 Å². The van der Waals surface area contributed by atoms with Crippen LogP contribution >= 0.6 is 0 Å². The predicted octanol–water partition coefficient (Wildman–Crippen LogP) is 3.18. The molecule has 5 nitrogen and oxygen atoms in total. The van der Waals surface area contributed by atoms with Crippen molar-refractivity contribution < 1.29 is 4.74 Å². The van der Waals surface area contributed by atoms with Gasteiger partial charge in [0.1, 0.15) is 0 Å². The highest BCUT2D eigenvalue weighted by Crippen LogP contribution is 2.26. The van der Waals surface area contributed by atoms with E-state index in [9.17, 15) is 0 Å². The van der Waals surface area contributed by atoms with E-state index >= 15 is 0 Å². The second kappa shape index (κ2) is 8.93. The zero-order valence-corrected chi connectivity index (χ0v) is 15.5. The van der Waals surface area contributed by atoms with Crippen LogP contribution in [0.1, 0.15) is 29.2 Å². The minimum Gasteiger partial charge on any atom is -0.372 e. The maximum atomic E-state index is 6.24. The Morgan fingerprint density at radius 1 is 1.00 bits per heavy atom. The molecule has 2 aromatic carbocycles. The van der Waals surface area contributed by atoms with E-state index in [-0.39, 0.29) is 6.10 Å². The summed E-state index contributed by atoms with van der Waals surface area (Å²) in [4.78, 5) is 0. The van der Waals surface area contributed by atoms with Gasteiger partial charge in [-0.05, 0) is 30.5 Å². The molecule has 4 rings (SSSR count). The van der Waals surface area contributed by atoms with E-state index < -0.39 is 0 Å². The average Bonchev–Trinajstić information content (AvgIpc) is 3.21. The van der Waals surface area contributed by atoms with Crippen LogP contribution in [-0.2, 0) is 24.3 Å². The molecule has 2 atom stereocenters. The Balaban J connectivity index is 1.37. The van der Waals surface area contributed by atoms with E-state index in [1.807, 2.05) is 28.9 Å². The number of rotatable bonds is 7. The predicted molar refractivity (Wildman–Crippen MR) is 105 cm³/mol. The van der Waals surface area contributed by atoms with Gasteiger partial charge in [-0.2, -0.15) is 0 Å². The van der Waals surface area contributed by atoms with Gasteiger partial charge in [0.05, 0.1) is 18.4 Å². The first-order chi connectivity index (χ1) is 13.4. The van der Waals surface area contributed by atoms with Crippen molar-refractivity contribution in [3.05, 3.63) is 83.7 Å². The zero-order chi connectivity index (χ0) is 18.3. The van der Waals surface area contributed by atoms with Crippen LogP contribution < -0.4 is 5.32 Å². The smallest absolute Gasteiger partial charge is 0.0884 e. The van der Waals surface area contributed by atoms with Crippen LogP contribution in [0.3, 0.4) is 0 Å². The average molecular weight is 362 g/mol. The molecule has 1 saturated heterocycles. The van der Waals surface area contributed by atoms with Crippen molar-refractivity contribution in [2.75, 3.05) is 13.1 Å². The third-order valence-electron chi connectivity index (χ3n) is 5.14. The fraction of sp³-hybridized carbons (Fsp3) is 0.364. The summed E-state index contributed by atoms with van der Waals surface area (Å²) >= 11 is 0. The van der Waals surface area contributed by atoms with Gasteiger partial charge in [0.15, 0.2) is 0 Å². The van der Waals surface area contributed by atoms with Gasteiger partial charge >= 0.3 is 0 Å². The maximum Gasteiger partial charge on any atom is 0.0884 e. The van der Waals surface area contributed by atoms with E-state index in [1.165, 1.54) is 11.1 Å². The summed E-state index contributed by atoms with van der Waals surface area (Å²) < 4.78 is 8.19. The molecule has 1 aliphatic heterocycles. The largest absolute Gasteiger partial charge is 0.372 e. The zero-order valence-electron chi connectivity index (χ0n) is 15.5. The van der Waals surface area contributed by atoms with Crippen molar-refractivity contribution >= 4 is 0 Å². The molecule has 1 aromatic heterocycles. The van der Waals surface area contributed by atoms with Crippen LogP contribution in [0.25, 0.3) is 0 Å². The molecule has 0 bridgehead atoms. The van der Waals surface area contributed by atoms with Gasteiger partial charge in [-0.1, -0.05) is 65.9 Å². The van der Waals surface area contributed by atoms with Crippen molar-refractivity contribution in [2.24, 2.45) is 0 Å². The first kappa shape index (κ1) is 17.9. The van der Waals surface area contributed by atoms with E-state index in [4.69, 9.17) is 4.74 Å². The van der Waals surface area contributed by atoms with Gasteiger partial charge in [-0.3, -0.25) is 4.68 Å². The van der Waals surface area contributed by atoms with Crippen LogP contribution in [-0.4, -0.2) is 34.2 Å². The van der Waals surface area contributed by atoms with Crippen molar-refractivity contribution in [1.29, 1.82) is 0 Å². The van der Waals surface area contributed by atoms with E-state index in [2.05, 4.69) is 58.2 Å². The molecule has 3 aromatic rings. The molecule has 1 aliphatic rings. The van der Waals surface area contributed by atoms with Crippen molar-refractivity contribution in [1.82, 2.24) is 20.3 Å². The molecule has 1 N–H and O–H groups in total. The molecule has 0 amide bonds. The molecule has 5 heteroatoms. The lowest BCUT2D eigenvalue weighted by Crippen LogP contribution is -2.41. The lowest BCUT2D eigenvalue weighted by molar-refractivity contribution is 0.00965. The van der Waals surface area contributed by atoms with Crippen LogP contribution in [0.15, 0.2) is 66.9 Å². The van der Waals surface area contributed by atoms with Gasteiger partial charge in [0.25, 0.3) is 0 Å². The number of nitrogens with one attached hydrogen (secondary N) is 1. The normalized spacial score (nSPS) is 19.9. The molecule has 0 radical (unpaired) electrons. The molecule has 140 valence electrons. The Kier molecular flexibility index (Phi) is 5.92. The van der Waals surface area contributed by atoms with Crippen LogP contribution in [0.2, 0.25) is 0 Å². The van der Waals surface area contributed by atoms with E-state index in [0.717, 1.165) is 38.2 Å². The van der Waals surface area contributed by atoms with Crippen molar-refractivity contribution in [2.45, 2.75) is 38.0 Å². The summed E-state index contributed by atoms with van der Waals surface area (Å²) in [6.45, 7) is 3.32. The van der Waals surface area contributed by atoms with Crippen LogP contribution in [0.5, 0.6) is 0 Å². The summed E-state index contributed by atoms with van der Waals surface area (Å²) in [5, 5.41) is 12.3. The molecule has 0 spiro atoms. The number of aromatic nitrogens is 3. The van der Waals surface area contributed by atoms with Gasteiger partial charge in [0, 0.05) is 25.2 Å². The molecule has 1 fully saturated rings. The Bertz CT molecular complexity index is 819. The van der Waals surface area contributed by atoms with Gasteiger partial charge in [-0.25, -0.2) is 0 Å². The number of piperidine rings is 1. The van der Waals surface area contributed by atoms with E-state index in [1.54, 1.807) is 0 Å². The van der Waals surface area contributed by atoms with Crippen molar-refractivity contribution in [3.63, 3.8) is 0 Å². The lowest BCUT2D eigenvalue weighted by atomic mass is 9.92. The molecule has 0 saturated carbocycles. The number of hydrogen-bond acceptors (Lipinski definition) is 4. The molecule has 27 heavy (non-hydrogen) atoms. The van der Waals surface area contributed by atoms with Crippen LogP contribution in [0.4, 0.5) is 0 Å². The van der Waals surface area contributed by atoms with Gasteiger partial charge in [0.2, 0.25) is 0 Å². The summed E-state index contributed by atoms with van der Waals surface area (Å²) in [6, 6.07) is 20.8. The quantitative estimate of drug-likeness (QED) is 0.701. The fourth-order valence-electron chi connectivity index (χ4n) is 3.60. The fourth-order valence-corrected chi connectivity index (χ4v) is 3.60. The third-order valence-corrected chi connectivity index (χ3v) is 5.14. The second-order valence-electron chi connectivity index (χ2n) is 7.08. The number of benzene rings is 2. The Morgan fingerprint density at radius 2 is 1.74 bits per heavy atom. The molecule has 2 heterocycles. The first-order valence-electron chi connectivity index (χ1n) is 9.69. The van der Waals surface area contributed by atoms with Gasteiger partial charge < -0.3 is 10.1 Å². The minimum absolute atomic E-state index is 0.123. The Morgan fingerprint density at radius 3 is 2.52 bits per heavy atom. The summed E-state index contributed by atoms with van der Waals surface area (Å²) in [7, 11) is 0.